The lowest BCUT2D eigenvalue weighted by molar-refractivity contribution is -0.137. The summed E-state index contributed by atoms with van der Waals surface area (Å²) in [5.74, 6) is 0.0466. The maximum Gasteiger partial charge on any atom is 0.416 e. The van der Waals surface area contributed by atoms with Crippen molar-refractivity contribution in [2.75, 3.05) is 5.73 Å². The summed E-state index contributed by atoms with van der Waals surface area (Å²) in [5, 5.41) is 0. The van der Waals surface area contributed by atoms with E-state index in [2.05, 4.69) is 9.97 Å². The third kappa shape index (κ3) is 2.96. The molecule has 0 aliphatic heterocycles. The lowest BCUT2D eigenvalue weighted by atomic mass is 10.1. The van der Waals surface area contributed by atoms with Gasteiger partial charge < -0.3 is 5.73 Å². The molecule has 1 aromatic heterocycles. The van der Waals surface area contributed by atoms with Crippen LogP contribution in [0.5, 0.6) is 0 Å². The Morgan fingerprint density at radius 2 is 1.89 bits per heavy atom. The molecule has 0 aliphatic rings. The van der Waals surface area contributed by atoms with Gasteiger partial charge in [0, 0.05) is 5.56 Å². The van der Waals surface area contributed by atoms with Crippen LogP contribution in [-0.2, 0) is 6.18 Å². The first-order chi connectivity index (χ1) is 8.79. The first-order valence-corrected chi connectivity index (χ1v) is 6.34. The van der Waals surface area contributed by atoms with Crippen LogP contribution < -0.4 is 5.73 Å². The van der Waals surface area contributed by atoms with Gasteiger partial charge >= 0.3 is 6.18 Å². The highest BCUT2D eigenvalue weighted by Gasteiger charge is 2.30. The van der Waals surface area contributed by atoms with Crippen LogP contribution in [0, 0.1) is 10.5 Å². The summed E-state index contributed by atoms with van der Waals surface area (Å²) >= 11 is 2.00. The molecule has 1 heterocycles. The molecule has 0 spiro atoms. The zero-order valence-corrected chi connectivity index (χ0v) is 12.0. The standard InChI is InChI=1S/C12H9F3IN3/c1-6-9(16)10(19-11(17)18-6)7-3-2-4-8(5-7)12(13,14)15/h2-5H,1H3,(H2,17,18,19). The molecule has 2 rings (SSSR count). The van der Waals surface area contributed by atoms with Gasteiger partial charge in [-0.15, -0.1) is 0 Å². The monoisotopic (exact) mass is 379 g/mol. The van der Waals surface area contributed by atoms with Gasteiger partial charge in [0.1, 0.15) is 0 Å². The predicted molar refractivity (Wildman–Crippen MR) is 74.3 cm³/mol. The smallest absolute Gasteiger partial charge is 0.368 e. The van der Waals surface area contributed by atoms with E-state index in [0.29, 0.717) is 20.5 Å². The molecule has 100 valence electrons. The molecule has 0 aliphatic carbocycles. The van der Waals surface area contributed by atoms with Gasteiger partial charge in [0.05, 0.1) is 20.5 Å². The number of halogens is 4. The number of hydrogen-bond donors (Lipinski definition) is 1. The zero-order valence-electron chi connectivity index (χ0n) is 9.79. The number of nitrogens with zero attached hydrogens (tertiary/aromatic N) is 2. The maximum atomic E-state index is 12.7. The van der Waals surface area contributed by atoms with E-state index in [1.54, 1.807) is 13.0 Å². The molecule has 2 N–H and O–H groups in total. The molecule has 1 aromatic carbocycles. The maximum absolute atomic E-state index is 12.7. The number of aromatic nitrogens is 2. The minimum atomic E-state index is -4.38. The number of anilines is 1. The van der Waals surface area contributed by atoms with E-state index in [0.717, 1.165) is 12.1 Å². The van der Waals surface area contributed by atoms with Crippen molar-refractivity contribution in [3.05, 3.63) is 39.1 Å². The summed E-state index contributed by atoms with van der Waals surface area (Å²) in [6.07, 6.45) is -4.38. The van der Waals surface area contributed by atoms with Crippen molar-refractivity contribution in [3.8, 4) is 11.3 Å². The highest BCUT2D eigenvalue weighted by atomic mass is 127. The van der Waals surface area contributed by atoms with E-state index >= 15 is 0 Å². The van der Waals surface area contributed by atoms with Gasteiger partial charge in [-0.25, -0.2) is 9.97 Å². The summed E-state index contributed by atoms with van der Waals surface area (Å²) in [4.78, 5) is 7.99. The lowest BCUT2D eigenvalue weighted by Crippen LogP contribution is -2.06. The molecular weight excluding hydrogens is 370 g/mol. The first-order valence-electron chi connectivity index (χ1n) is 5.26. The van der Waals surface area contributed by atoms with Gasteiger partial charge in [-0.05, 0) is 41.6 Å². The molecular formula is C12H9F3IN3. The van der Waals surface area contributed by atoms with Gasteiger partial charge in [0.15, 0.2) is 0 Å². The van der Waals surface area contributed by atoms with E-state index in [1.165, 1.54) is 6.07 Å². The lowest BCUT2D eigenvalue weighted by Gasteiger charge is -2.10. The fraction of sp³-hybridized carbons (Fsp3) is 0.167. The average Bonchev–Trinajstić information content (AvgIpc) is 2.33. The third-order valence-corrected chi connectivity index (χ3v) is 3.79. The first kappa shape index (κ1) is 14.0. The summed E-state index contributed by atoms with van der Waals surface area (Å²) in [6.45, 7) is 1.73. The van der Waals surface area contributed by atoms with Crippen LogP contribution in [0.1, 0.15) is 11.3 Å². The SMILES string of the molecule is Cc1nc(N)nc(-c2cccc(C(F)(F)F)c2)c1I. The Balaban J connectivity index is 2.60. The molecule has 19 heavy (non-hydrogen) atoms. The van der Waals surface area contributed by atoms with Crippen LogP contribution in [0.2, 0.25) is 0 Å². The molecule has 0 atom stereocenters. The Morgan fingerprint density at radius 3 is 2.53 bits per heavy atom. The predicted octanol–water partition coefficient (Wildman–Crippen LogP) is 3.66. The molecule has 7 heteroatoms. The molecule has 0 unspecified atom stereocenters. The number of hydrogen-bond acceptors (Lipinski definition) is 3. The highest BCUT2D eigenvalue weighted by molar-refractivity contribution is 14.1. The summed E-state index contributed by atoms with van der Waals surface area (Å²) in [7, 11) is 0. The molecule has 0 radical (unpaired) electrons. The number of nitrogen functional groups attached to an aromatic ring is 1. The van der Waals surface area contributed by atoms with Gasteiger partial charge in [0.2, 0.25) is 5.95 Å². The highest BCUT2D eigenvalue weighted by Crippen LogP contribution is 2.33. The van der Waals surface area contributed by atoms with E-state index in [9.17, 15) is 13.2 Å². The fourth-order valence-corrected chi connectivity index (χ4v) is 2.17. The van der Waals surface area contributed by atoms with Crippen molar-refractivity contribution in [2.24, 2.45) is 0 Å². The zero-order chi connectivity index (χ0) is 14.2. The molecule has 2 aromatic rings. The van der Waals surface area contributed by atoms with Crippen LogP contribution in [0.4, 0.5) is 19.1 Å². The Kier molecular flexibility index (Phi) is 3.66. The van der Waals surface area contributed by atoms with Gasteiger partial charge in [-0.1, -0.05) is 12.1 Å². The Labute approximate surface area is 121 Å². The van der Waals surface area contributed by atoms with E-state index < -0.39 is 11.7 Å². The second-order valence-electron chi connectivity index (χ2n) is 3.91. The minimum Gasteiger partial charge on any atom is -0.368 e. The van der Waals surface area contributed by atoms with Gasteiger partial charge in [-0.2, -0.15) is 13.2 Å². The minimum absolute atomic E-state index is 0.0466. The van der Waals surface area contributed by atoms with Crippen molar-refractivity contribution in [1.82, 2.24) is 9.97 Å². The Bertz CT molecular complexity index is 626. The van der Waals surface area contributed by atoms with Gasteiger partial charge in [0.25, 0.3) is 0 Å². The average molecular weight is 379 g/mol. The topological polar surface area (TPSA) is 51.8 Å². The second-order valence-corrected chi connectivity index (χ2v) is 4.99. The molecule has 0 saturated carbocycles. The normalized spacial score (nSPS) is 11.6. The van der Waals surface area contributed by atoms with E-state index in [4.69, 9.17) is 5.73 Å². The summed E-state index contributed by atoms with van der Waals surface area (Å²) < 4.78 is 38.7. The van der Waals surface area contributed by atoms with Crippen LogP contribution in [0.15, 0.2) is 24.3 Å². The Morgan fingerprint density at radius 1 is 1.21 bits per heavy atom. The molecule has 3 nitrogen and oxygen atoms in total. The summed E-state index contributed by atoms with van der Waals surface area (Å²) in [5.41, 5.74) is 6.25. The van der Waals surface area contributed by atoms with Crippen LogP contribution >= 0.6 is 22.6 Å². The largest absolute Gasteiger partial charge is 0.416 e. The summed E-state index contributed by atoms with van der Waals surface area (Å²) in [6, 6.07) is 5.00. The quantitative estimate of drug-likeness (QED) is 0.770. The molecule has 0 saturated heterocycles. The number of benzene rings is 1. The van der Waals surface area contributed by atoms with Crippen molar-refractivity contribution >= 4 is 28.5 Å². The number of rotatable bonds is 1. The van der Waals surface area contributed by atoms with Crippen LogP contribution in [-0.4, -0.2) is 9.97 Å². The number of aryl methyl sites for hydroxylation is 1. The van der Waals surface area contributed by atoms with Crippen molar-refractivity contribution < 1.29 is 13.2 Å². The molecule has 0 fully saturated rings. The number of nitrogens with two attached hydrogens (primary N) is 1. The number of alkyl halides is 3. The fourth-order valence-electron chi connectivity index (χ4n) is 1.61. The Hall–Kier alpha value is -1.38. The second kappa shape index (κ2) is 4.95. The van der Waals surface area contributed by atoms with Crippen molar-refractivity contribution in [2.45, 2.75) is 13.1 Å². The van der Waals surface area contributed by atoms with Gasteiger partial charge in [-0.3, -0.25) is 0 Å². The van der Waals surface area contributed by atoms with E-state index in [1.807, 2.05) is 22.6 Å². The molecule has 0 amide bonds. The third-order valence-electron chi connectivity index (χ3n) is 2.50. The van der Waals surface area contributed by atoms with Crippen LogP contribution in [0.3, 0.4) is 0 Å². The molecule has 0 bridgehead atoms. The van der Waals surface area contributed by atoms with Crippen LogP contribution in [0.25, 0.3) is 11.3 Å². The van der Waals surface area contributed by atoms with E-state index in [-0.39, 0.29) is 5.95 Å². The van der Waals surface area contributed by atoms with Crippen molar-refractivity contribution in [3.63, 3.8) is 0 Å². The van der Waals surface area contributed by atoms with Crippen molar-refractivity contribution in [1.29, 1.82) is 0 Å².